The molecule has 3 fully saturated rings. The van der Waals surface area contributed by atoms with Crippen LogP contribution in [0.3, 0.4) is 0 Å². The molecule has 122 valence electrons. The molecule has 0 radical (unpaired) electrons. The van der Waals surface area contributed by atoms with Gasteiger partial charge in [0, 0.05) is 19.1 Å². The molecule has 0 amide bonds. The topological polar surface area (TPSA) is 70.7 Å². The highest BCUT2D eigenvalue weighted by molar-refractivity contribution is 7.89. The third kappa shape index (κ3) is 4.39. The molecule has 0 aromatic rings. The lowest BCUT2D eigenvalue weighted by molar-refractivity contribution is -0.0449. The summed E-state index contributed by atoms with van der Waals surface area (Å²) in [5.41, 5.74) is 0. The van der Waals surface area contributed by atoms with Gasteiger partial charge in [0.25, 0.3) is 0 Å². The summed E-state index contributed by atoms with van der Waals surface area (Å²) in [7, 11) is -3.18. The Morgan fingerprint density at radius 1 is 1.24 bits per heavy atom. The van der Waals surface area contributed by atoms with Crippen molar-refractivity contribution < 1.29 is 13.2 Å². The number of hydrogen-bond donors (Lipinski definition) is 2. The number of piperidine rings is 1. The maximum Gasteiger partial charge on any atom is 0.211 e. The van der Waals surface area contributed by atoms with Gasteiger partial charge in [0.05, 0.1) is 18.5 Å². The van der Waals surface area contributed by atoms with E-state index in [9.17, 15) is 8.42 Å². The Kier molecular flexibility index (Phi) is 5.16. The Morgan fingerprint density at radius 3 is 2.86 bits per heavy atom. The van der Waals surface area contributed by atoms with Crippen LogP contribution in [-0.2, 0) is 14.8 Å². The fourth-order valence-corrected chi connectivity index (χ4v) is 5.16. The smallest absolute Gasteiger partial charge is 0.211 e. The second-order valence-corrected chi connectivity index (χ2v) is 8.42. The predicted molar refractivity (Wildman–Crippen MR) is 81.7 cm³/mol. The van der Waals surface area contributed by atoms with Gasteiger partial charge in [-0.05, 0) is 51.2 Å². The zero-order valence-electron chi connectivity index (χ0n) is 12.6. The minimum Gasteiger partial charge on any atom is -0.374 e. The molecule has 0 aromatic heterocycles. The second-order valence-electron chi connectivity index (χ2n) is 6.57. The van der Waals surface area contributed by atoms with E-state index >= 15 is 0 Å². The molecule has 21 heavy (non-hydrogen) atoms. The first-order valence-electron chi connectivity index (χ1n) is 8.16. The van der Waals surface area contributed by atoms with Crippen molar-refractivity contribution in [3.05, 3.63) is 0 Å². The Balaban J connectivity index is 1.43. The van der Waals surface area contributed by atoms with Crippen LogP contribution in [0, 0.1) is 5.92 Å². The molecule has 0 spiro atoms. The van der Waals surface area contributed by atoms with Gasteiger partial charge in [-0.15, -0.1) is 0 Å². The van der Waals surface area contributed by atoms with Crippen LogP contribution in [0.1, 0.15) is 25.7 Å². The number of nitrogens with zero attached hydrogens (tertiary/aromatic N) is 1. The largest absolute Gasteiger partial charge is 0.374 e. The van der Waals surface area contributed by atoms with E-state index in [1.165, 1.54) is 12.8 Å². The first kappa shape index (κ1) is 15.7. The van der Waals surface area contributed by atoms with Gasteiger partial charge in [-0.25, -0.2) is 13.1 Å². The lowest BCUT2D eigenvalue weighted by Crippen LogP contribution is -2.50. The maximum absolute atomic E-state index is 12.2. The van der Waals surface area contributed by atoms with Crippen molar-refractivity contribution in [2.75, 3.05) is 45.1 Å². The van der Waals surface area contributed by atoms with Gasteiger partial charge in [-0.3, -0.25) is 4.90 Å². The summed E-state index contributed by atoms with van der Waals surface area (Å²) in [5, 5.41) is 3.26. The molecular weight excluding hydrogens is 290 g/mol. The summed E-state index contributed by atoms with van der Waals surface area (Å²) in [4.78, 5) is 2.44. The van der Waals surface area contributed by atoms with Gasteiger partial charge in [0.2, 0.25) is 10.0 Å². The molecule has 0 saturated carbocycles. The standard InChI is InChI=1S/C14H27N3O3S/c18-21(19,11-12-3-5-15-6-4-12)16-8-14-9-17-7-1-2-13(17)10-20-14/h12-16H,1-11H2. The van der Waals surface area contributed by atoms with Crippen molar-refractivity contribution in [1.82, 2.24) is 14.9 Å². The minimum absolute atomic E-state index is 0.00199. The number of nitrogens with one attached hydrogen (secondary N) is 2. The summed E-state index contributed by atoms with van der Waals surface area (Å²) in [6, 6.07) is 0.563. The Labute approximate surface area is 127 Å². The van der Waals surface area contributed by atoms with Gasteiger partial charge < -0.3 is 10.1 Å². The van der Waals surface area contributed by atoms with Crippen molar-refractivity contribution in [3.63, 3.8) is 0 Å². The van der Waals surface area contributed by atoms with Crippen LogP contribution in [0.5, 0.6) is 0 Å². The zero-order valence-corrected chi connectivity index (χ0v) is 13.4. The van der Waals surface area contributed by atoms with Gasteiger partial charge in [-0.2, -0.15) is 0 Å². The molecule has 2 atom stereocenters. The van der Waals surface area contributed by atoms with E-state index in [1.807, 2.05) is 0 Å². The predicted octanol–water partition coefficient (Wildman–Crippen LogP) is -0.231. The zero-order chi connectivity index (χ0) is 14.7. The van der Waals surface area contributed by atoms with Crippen LogP contribution in [0.2, 0.25) is 0 Å². The molecular formula is C14H27N3O3S. The van der Waals surface area contributed by atoms with E-state index in [1.54, 1.807) is 0 Å². The Bertz CT molecular complexity index is 437. The van der Waals surface area contributed by atoms with E-state index in [0.29, 0.717) is 18.5 Å². The van der Waals surface area contributed by atoms with E-state index in [0.717, 1.165) is 45.6 Å². The highest BCUT2D eigenvalue weighted by Crippen LogP contribution is 2.22. The first-order chi connectivity index (χ1) is 10.1. The quantitative estimate of drug-likeness (QED) is 0.733. The SMILES string of the molecule is O=S(=O)(CC1CCNCC1)NCC1CN2CCCC2CO1. The Hall–Kier alpha value is -0.210. The average molecular weight is 317 g/mol. The van der Waals surface area contributed by atoms with Gasteiger partial charge >= 0.3 is 0 Å². The molecule has 0 bridgehead atoms. The van der Waals surface area contributed by atoms with Gasteiger partial charge in [-0.1, -0.05) is 0 Å². The third-order valence-electron chi connectivity index (χ3n) is 4.91. The monoisotopic (exact) mass is 317 g/mol. The lowest BCUT2D eigenvalue weighted by atomic mass is 10.0. The van der Waals surface area contributed by atoms with Crippen LogP contribution in [0.25, 0.3) is 0 Å². The molecule has 7 heteroatoms. The molecule has 3 heterocycles. The normalized spacial score (nSPS) is 32.2. The Morgan fingerprint density at radius 2 is 2.05 bits per heavy atom. The van der Waals surface area contributed by atoms with Crippen molar-refractivity contribution >= 4 is 10.0 Å². The highest BCUT2D eigenvalue weighted by Gasteiger charge is 2.32. The van der Waals surface area contributed by atoms with Crippen molar-refractivity contribution in [1.29, 1.82) is 0 Å². The summed E-state index contributed by atoms with van der Waals surface area (Å²) in [6.45, 7) is 5.02. The molecule has 3 saturated heterocycles. The summed E-state index contributed by atoms with van der Waals surface area (Å²) >= 11 is 0. The van der Waals surface area contributed by atoms with Crippen LogP contribution in [0.15, 0.2) is 0 Å². The van der Waals surface area contributed by atoms with Crippen LogP contribution in [-0.4, -0.2) is 70.5 Å². The van der Waals surface area contributed by atoms with Crippen molar-refractivity contribution in [2.45, 2.75) is 37.8 Å². The molecule has 0 aliphatic carbocycles. The molecule has 3 rings (SSSR count). The van der Waals surface area contributed by atoms with E-state index in [4.69, 9.17) is 4.74 Å². The fourth-order valence-electron chi connectivity index (χ4n) is 3.65. The number of morpholine rings is 1. The molecule has 2 N–H and O–H groups in total. The molecule has 3 aliphatic rings. The number of sulfonamides is 1. The average Bonchev–Trinajstić information content (AvgIpc) is 2.93. The fraction of sp³-hybridized carbons (Fsp3) is 1.00. The second kappa shape index (κ2) is 6.91. The number of fused-ring (bicyclic) bond motifs is 1. The summed E-state index contributed by atoms with van der Waals surface area (Å²) in [6.07, 6.45) is 4.37. The van der Waals surface area contributed by atoms with Crippen LogP contribution >= 0.6 is 0 Å². The third-order valence-corrected chi connectivity index (χ3v) is 6.42. The molecule has 3 aliphatic heterocycles. The highest BCUT2D eigenvalue weighted by atomic mass is 32.2. The molecule has 0 aromatic carbocycles. The summed E-state index contributed by atoms with van der Waals surface area (Å²) < 4.78 is 32.9. The van der Waals surface area contributed by atoms with Gasteiger partial charge in [0.15, 0.2) is 0 Å². The van der Waals surface area contributed by atoms with E-state index in [2.05, 4.69) is 14.9 Å². The lowest BCUT2D eigenvalue weighted by Gasteiger charge is -2.35. The first-order valence-corrected chi connectivity index (χ1v) is 9.81. The van der Waals surface area contributed by atoms with E-state index < -0.39 is 10.0 Å². The minimum atomic E-state index is -3.18. The van der Waals surface area contributed by atoms with Crippen molar-refractivity contribution in [3.8, 4) is 0 Å². The van der Waals surface area contributed by atoms with Crippen LogP contribution in [0.4, 0.5) is 0 Å². The van der Waals surface area contributed by atoms with Gasteiger partial charge in [0.1, 0.15) is 0 Å². The molecule has 6 nitrogen and oxygen atoms in total. The van der Waals surface area contributed by atoms with E-state index in [-0.39, 0.29) is 11.9 Å². The van der Waals surface area contributed by atoms with Crippen LogP contribution < -0.4 is 10.0 Å². The number of ether oxygens (including phenoxy) is 1. The number of rotatable bonds is 5. The van der Waals surface area contributed by atoms with Crippen molar-refractivity contribution in [2.24, 2.45) is 5.92 Å². The summed E-state index contributed by atoms with van der Waals surface area (Å²) in [5.74, 6) is 0.548. The molecule has 2 unspecified atom stereocenters. The number of hydrogen-bond acceptors (Lipinski definition) is 5. The maximum atomic E-state index is 12.2.